The van der Waals surface area contributed by atoms with E-state index in [0.717, 1.165) is 44.7 Å². The van der Waals surface area contributed by atoms with Crippen LogP contribution in [0.1, 0.15) is 45.4 Å². The van der Waals surface area contributed by atoms with E-state index in [2.05, 4.69) is 12.2 Å². The zero-order valence-electron chi connectivity index (χ0n) is 11.3. The van der Waals surface area contributed by atoms with Gasteiger partial charge in [-0.2, -0.15) is 0 Å². The summed E-state index contributed by atoms with van der Waals surface area (Å²) in [4.78, 5) is 12.7. The molecule has 0 amide bonds. The third kappa shape index (κ3) is 1.91. The summed E-state index contributed by atoms with van der Waals surface area (Å²) in [6.45, 7) is 4.23. The number of rotatable bonds is 4. The second-order valence-corrected chi connectivity index (χ2v) is 6.62. The monoisotopic (exact) mass is 253 g/mol. The van der Waals surface area contributed by atoms with Gasteiger partial charge in [-0.15, -0.1) is 0 Å². The minimum absolute atomic E-state index is 0.190. The van der Waals surface area contributed by atoms with Crippen LogP contribution in [-0.2, 0) is 4.79 Å². The van der Waals surface area contributed by atoms with Crippen LogP contribution in [0.5, 0.6) is 0 Å². The number of nitrogens with one attached hydrogen (secondary N) is 1. The predicted octanol–water partition coefficient (Wildman–Crippen LogP) is 2.72. The van der Waals surface area contributed by atoms with E-state index in [1.165, 1.54) is 6.42 Å². The number of alkyl halides is 1. The Bertz CT molecular complexity index is 345. The molecule has 0 spiro atoms. The first kappa shape index (κ1) is 12.6. The molecule has 1 heterocycles. The number of carbonyl (C=O) groups excluding carboxylic acids is 1. The van der Waals surface area contributed by atoms with Gasteiger partial charge < -0.3 is 5.32 Å². The van der Waals surface area contributed by atoms with Gasteiger partial charge in [0, 0.05) is 5.41 Å². The molecule has 5 unspecified atom stereocenters. The predicted molar refractivity (Wildman–Crippen MR) is 69.1 cm³/mol. The van der Waals surface area contributed by atoms with Gasteiger partial charge in [0.1, 0.15) is 12.0 Å². The second kappa shape index (κ2) is 4.59. The van der Waals surface area contributed by atoms with Crippen LogP contribution < -0.4 is 5.32 Å². The van der Waals surface area contributed by atoms with Crippen LogP contribution in [0.3, 0.4) is 0 Å². The number of halogens is 1. The van der Waals surface area contributed by atoms with Gasteiger partial charge in [-0.25, -0.2) is 4.39 Å². The zero-order valence-corrected chi connectivity index (χ0v) is 11.3. The molecule has 0 aromatic carbocycles. The molecule has 102 valence electrons. The molecule has 0 aromatic heterocycles. The summed E-state index contributed by atoms with van der Waals surface area (Å²) >= 11 is 0. The maximum absolute atomic E-state index is 13.3. The fourth-order valence-electron chi connectivity index (χ4n) is 4.36. The van der Waals surface area contributed by atoms with Crippen molar-refractivity contribution in [1.82, 2.24) is 5.32 Å². The van der Waals surface area contributed by atoms with Crippen LogP contribution >= 0.6 is 0 Å². The van der Waals surface area contributed by atoms with Crippen molar-refractivity contribution in [3.05, 3.63) is 0 Å². The maximum Gasteiger partial charge on any atom is 0.145 e. The minimum atomic E-state index is -0.833. The Balaban J connectivity index is 1.83. The highest BCUT2D eigenvalue weighted by Crippen LogP contribution is 2.53. The molecular formula is C15H24FNO. The molecule has 1 aliphatic heterocycles. The number of carbonyl (C=O) groups is 1. The fraction of sp³-hybridized carbons (Fsp3) is 0.933. The molecule has 3 heteroatoms. The van der Waals surface area contributed by atoms with Crippen LogP contribution in [0.25, 0.3) is 0 Å². The van der Waals surface area contributed by atoms with Gasteiger partial charge in [-0.1, -0.05) is 13.3 Å². The van der Waals surface area contributed by atoms with Crippen molar-refractivity contribution in [1.29, 1.82) is 0 Å². The van der Waals surface area contributed by atoms with Crippen molar-refractivity contribution >= 4 is 5.78 Å². The van der Waals surface area contributed by atoms with Gasteiger partial charge in [0.05, 0.1) is 5.92 Å². The average Bonchev–Trinajstić information content (AvgIpc) is 3.10. The smallest absolute Gasteiger partial charge is 0.145 e. The van der Waals surface area contributed by atoms with E-state index in [4.69, 9.17) is 0 Å². The van der Waals surface area contributed by atoms with Crippen LogP contribution in [0.2, 0.25) is 0 Å². The van der Waals surface area contributed by atoms with E-state index in [0.29, 0.717) is 12.3 Å². The van der Waals surface area contributed by atoms with Crippen molar-refractivity contribution in [2.75, 3.05) is 13.1 Å². The van der Waals surface area contributed by atoms with Crippen molar-refractivity contribution in [2.24, 2.45) is 23.2 Å². The maximum atomic E-state index is 13.3. The molecule has 0 radical (unpaired) electrons. The lowest BCUT2D eigenvalue weighted by atomic mass is 9.57. The average molecular weight is 253 g/mol. The van der Waals surface area contributed by atoms with Gasteiger partial charge in [-0.3, -0.25) is 4.79 Å². The molecule has 1 saturated heterocycles. The first-order valence-corrected chi connectivity index (χ1v) is 7.56. The summed E-state index contributed by atoms with van der Waals surface area (Å²) in [5.41, 5.74) is -0.190. The number of Topliss-reactive ketones (excluding diaryl/α,β-unsaturated/α-hetero) is 1. The first-order chi connectivity index (χ1) is 8.67. The number of ketones is 1. The second-order valence-electron chi connectivity index (χ2n) is 6.62. The van der Waals surface area contributed by atoms with E-state index in [1.807, 2.05) is 0 Å². The number of hydrogen-bond acceptors (Lipinski definition) is 2. The lowest BCUT2D eigenvalue weighted by Crippen LogP contribution is -2.52. The largest absolute Gasteiger partial charge is 0.316 e. The Morgan fingerprint density at radius 3 is 2.83 bits per heavy atom. The Kier molecular flexibility index (Phi) is 3.21. The van der Waals surface area contributed by atoms with Gasteiger partial charge in [0.15, 0.2) is 0 Å². The topological polar surface area (TPSA) is 29.1 Å². The summed E-state index contributed by atoms with van der Waals surface area (Å²) in [6.07, 6.45) is 5.01. The van der Waals surface area contributed by atoms with E-state index < -0.39 is 6.17 Å². The molecule has 2 saturated carbocycles. The molecule has 5 atom stereocenters. The first-order valence-electron chi connectivity index (χ1n) is 7.56. The Morgan fingerprint density at radius 2 is 2.17 bits per heavy atom. The minimum Gasteiger partial charge on any atom is -0.316 e. The van der Waals surface area contributed by atoms with Crippen molar-refractivity contribution in [3.8, 4) is 0 Å². The van der Waals surface area contributed by atoms with E-state index in [1.54, 1.807) is 0 Å². The van der Waals surface area contributed by atoms with Gasteiger partial charge >= 0.3 is 0 Å². The zero-order chi connectivity index (χ0) is 12.8. The molecule has 0 aromatic rings. The summed E-state index contributed by atoms with van der Waals surface area (Å²) in [5, 5.41) is 3.48. The normalized spacial score (nSPS) is 46.8. The highest BCUT2D eigenvalue weighted by Gasteiger charge is 2.56. The summed E-state index contributed by atoms with van der Waals surface area (Å²) < 4.78 is 13.3. The molecule has 3 aliphatic rings. The molecular weight excluding hydrogens is 229 g/mol. The molecule has 3 fully saturated rings. The molecule has 1 N–H and O–H groups in total. The van der Waals surface area contributed by atoms with Gasteiger partial charge in [-0.05, 0) is 57.0 Å². The van der Waals surface area contributed by atoms with Crippen molar-refractivity contribution in [3.63, 3.8) is 0 Å². The standard InChI is InChI=1S/C15H24FNO/c1-2-4-15(14(18)12-7-13(12)16)5-3-10-6-11(15)9-17-8-10/h10-13,17H,2-9H2,1H3. The number of hydrogen-bond donors (Lipinski definition) is 1. The quantitative estimate of drug-likeness (QED) is 0.834. The van der Waals surface area contributed by atoms with E-state index in [-0.39, 0.29) is 17.1 Å². The van der Waals surface area contributed by atoms with Crippen LogP contribution in [0.4, 0.5) is 4.39 Å². The highest BCUT2D eigenvalue weighted by atomic mass is 19.1. The molecule has 2 bridgehead atoms. The fourth-order valence-corrected chi connectivity index (χ4v) is 4.36. The Labute approximate surface area is 109 Å². The summed E-state index contributed by atoms with van der Waals surface area (Å²) in [6, 6.07) is 0. The van der Waals surface area contributed by atoms with Crippen LogP contribution in [0, 0.1) is 23.2 Å². The Hall–Kier alpha value is -0.440. The molecule has 18 heavy (non-hydrogen) atoms. The van der Waals surface area contributed by atoms with E-state index in [9.17, 15) is 9.18 Å². The highest BCUT2D eigenvalue weighted by molar-refractivity contribution is 5.90. The van der Waals surface area contributed by atoms with Crippen molar-refractivity contribution < 1.29 is 9.18 Å². The molecule has 3 rings (SSSR count). The van der Waals surface area contributed by atoms with Gasteiger partial charge in [0.25, 0.3) is 0 Å². The summed E-state index contributed by atoms with van der Waals surface area (Å²) in [7, 11) is 0. The third-order valence-electron chi connectivity index (χ3n) is 5.46. The van der Waals surface area contributed by atoms with Crippen molar-refractivity contribution in [2.45, 2.75) is 51.6 Å². The number of fused-ring (bicyclic) bond motifs is 2. The number of piperidine rings is 1. The van der Waals surface area contributed by atoms with Crippen LogP contribution in [-0.4, -0.2) is 25.0 Å². The SMILES string of the molecule is CCCC1(C(=O)C2CC2F)CCC2CNCC1C2. The molecule has 2 nitrogen and oxygen atoms in total. The lowest BCUT2D eigenvalue weighted by molar-refractivity contribution is -0.139. The molecule has 2 aliphatic carbocycles. The third-order valence-corrected chi connectivity index (χ3v) is 5.46. The Morgan fingerprint density at radius 1 is 1.39 bits per heavy atom. The van der Waals surface area contributed by atoms with Crippen LogP contribution in [0.15, 0.2) is 0 Å². The van der Waals surface area contributed by atoms with E-state index >= 15 is 0 Å². The van der Waals surface area contributed by atoms with Gasteiger partial charge in [0.2, 0.25) is 0 Å². The summed E-state index contributed by atoms with van der Waals surface area (Å²) in [5.74, 6) is 1.23. The lowest BCUT2D eigenvalue weighted by Gasteiger charge is -2.49.